The fraction of sp³-hybridized carbons (Fsp3) is 0.417. The zero-order valence-corrected chi connectivity index (χ0v) is 10.1. The molecule has 3 N–H and O–H groups in total. The van der Waals surface area contributed by atoms with Crippen LogP contribution < -0.4 is 5.32 Å². The Hall–Kier alpha value is -1.36. The maximum absolute atomic E-state index is 9.87. The number of hydrogen-bond acceptors (Lipinski definition) is 5. The largest absolute Gasteiger partial charge is 0.504 e. The van der Waals surface area contributed by atoms with Crippen molar-refractivity contribution < 1.29 is 10.2 Å². The minimum Gasteiger partial charge on any atom is -0.504 e. The maximum Gasteiger partial charge on any atom is 0.171 e. The van der Waals surface area contributed by atoms with Crippen LogP contribution in [0.25, 0.3) is 0 Å². The standard InChI is InChI=1S/C12H14N2O2S/c15-9-2-1-7-8(12-13-4-5-14-12)3-6-17-11(7)10(9)16/h1-2,8,15-16H,3-6H2,(H,13,14)/t8-/m0/s1. The number of phenols is 2. The van der Waals surface area contributed by atoms with Crippen molar-refractivity contribution in [1.29, 1.82) is 0 Å². The number of amidine groups is 1. The van der Waals surface area contributed by atoms with Crippen LogP contribution in [0.1, 0.15) is 17.9 Å². The van der Waals surface area contributed by atoms with Crippen molar-refractivity contribution >= 4 is 17.6 Å². The molecule has 0 saturated carbocycles. The summed E-state index contributed by atoms with van der Waals surface area (Å²) >= 11 is 1.60. The molecule has 17 heavy (non-hydrogen) atoms. The molecule has 2 aliphatic rings. The topological polar surface area (TPSA) is 64.8 Å². The SMILES string of the molecule is Oc1ccc2c(c1O)SCC[C@@H]2C1=NCCN1. The molecule has 1 atom stereocenters. The lowest BCUT2D eigenvalue weighted by molar-refractivity contribution is 0.393. The number of thioether (sulfide) groups is 1. The lowest BCUT2D eigenvalue weighted by atomic mass is 9.94. The smallest absolute Gasteiger partial charge is 0.171 e. The second-order valence-electron chi connectivity index (χ2n) is 4.24. The fourth-order valence-corrected chi connectivity index (χ4v) is 3.55. The van der Waals surface area contributed by atoms with Crippen molar-refractivity contribution in [2.24, 2.45) is 4.99 Å². The Labute approximate surface area is 104 Å². The maximum atomic E-state index is 9.87. The Morgan fingerprint density at radius 1 is 1.35 bits per heavy atom. The van der Waals surface area contributed by atoms with E-state index >= 15 is 0 Å². The van der Waals surface area contributed by atoms with Crippen LogP contribution >= 0.6 is 11.8 Å². The summed E-state index contributed by atoms with van der Waals surface area (Å²) in [4.78, 5) is 5.27. The van der Waals surface area contributed by atoms with Crippen LogP contribution in [-0.2, 0) is 0 Å². The normalized spacial score (nSPS) is 22.8. The molecule has 4 nitrogen and oxygen atoms in total. The summed E-state index contributed by atoms with van der Waals surface area (Å²) in [5.74, 6) is 2.17. The van der Waals surface area contributed by atoms with Crippen LogP contribution in [0.15, 0.2) is 22.0 Å². The summed E-state index contributed by atoms with van der Waals surface area (Å²) < 4.78 is 0. The lowest BCUT2D eigenvalue weighted by Crippen LogP contribution is -2.27. The Balaban J connectivity index is 2.05. The summed E-state index contributed by atoms with van der Waals surface area (Å²) in [7, 11) is 0. The van der Waals surface area contributed by atoms with E-state index in [1.807, 2.05) is 6.07 Å². The fourth-order valence-electron chi connectivity index (χ4n) is 2.37. The van der Waals surface area contributed by atoms with Crippen LogP contribution in [-0.4, -0.2) is 34.9 Å². The first kappa shape index (κ1) is 10.8. The average Bonchev–Trinajstić information content (AvgIpc) is 2.87. The molecular formula is C12H14N2O2S. The van der Waals surface area contributed by atoms with E-state index in [4.69, 9.17) is 0 Å². The number of phenolic OH excluding ortho intramolecular Hbond substituents is 2. The highest BCUT2D eigenvalue weighted by atomic mass is 32.2. The van der Waals surface area contributed by atoms with Gasteiger partial charge in [-0.15, -0.1) is 11.8 Å². The lowest BCUT2D eigenvalue weighted by Gasteiger charge is -2.26. The monoisotopic (exact) mass is 250 g/mol. The first-order chi connectivity index (χ1) is 8.27. The highest BCUT2D eigenvalue weighted by Crippen LogP contribution is 2.46. The molecule has 0 spiro atoms. The van der Waals surface area contributed by atoms with Gasteiger partial charge < -0.3 is 15.5 Å². The van der Waals surface area contributed by atoms with Gasteiger partial charge in [-0.25, -0.2) is 0 Å². The van der Waals surface area contributed by atoms with Crippen LogP contribution in [0.5, 0.6) is 11.5 Å². The molecule has 0 saturated heterocycles. The van der Waals surface area contributed by atoms with E-state index in [2.05, 4.69) is 10.3 Å². The number of aromatic hydroxyl groups is 2. The Morgan fingerprint density at radius 3 is 3.00 bits per heavy atom. The molecular weight excluding hydrogens is 236 g/mol. The second-order valence-corrected chi connectivity index (χ2v) is 5.34. The Morgan fingerprint density at radius 2 is 2.24 bits per heavy atom. The van der Waals surface area contributed by atoms with E-state index in [-0.39, 0.29) is 17.4 Å². The Bertz CT molecular complexity index is 488. The zero-order chi connectivity index (χ0) is 11.8. The molecule has 0 aromatic heterocycles. The minimum absolute atomic E-state index is 0.01000. The predicted molar refractivity (Wildman–Crippen MR) is 68.2 cm³/mol. The van der Waals surface area contributed by atoms with Crippen LogP contribution in [0, 0.1) is 0 Å². The Kier molecular flexibility index (Phi) is 2.63. The van der Waals surface area contributed by atoms with Crippen molar-refractivity contribution in [2.75, 3.05) is 18.8 Å². The summed E-state index contributed by atoms with van der Waals surface area (Å²) in [5, 5.41) is 22.7. The minimum atomic E-state index is -0.0433. The first-order valence-corrected chi connectivity index (χ1v) is 6.72. The van der Waals surface area contributed by atoms with Crippen LogP contribution in [0.2, 0.25) is 0 Å². The van der Waals surface area contributed by atoms with Crippen molar-refractivity contribution in [2.45, 2.75) is 17.2 Å². The van der Waals surface area contributed by atoms with Crippen molar-refractivity contribution in [3.05, 3.63) is 17.7 Å². The van der Waals surface area contributed by atoms with E-state index in [0.717, 1.165) is 41.6 Å². The summed E-state index contributed by atoms with van der Waals surface area (Å²) in [6.45, 7) is 1.73. The first-order valence-electron chi connectivity index (χ1n) is 5.73. The number of aliphatic imine (C=N–C) groups is 1. The molecule has 0 amide bonds. The average molecular weight is 250 g/mol. The van der Waals surface area contributed by atoms with Crippen LogP contribution in [0.4, 0.5) is 0 Å². The van der Waals surface area contributed by atoms with Crippen molar-refractivity contribution in [3.63, 3.8) is 0 Å². The van der Waals surface area contributed by atoms with E-state index in [0.29, 0.717) is 0 Å². The quantitative estimate of drug-likeness (QED) is 0.663. The van der Waals surface area contributed by atoms with Gasteiger partial charge in [-0.05, 0) is 23.8 Å². The summed E-state index contributed by atoms with van der Waals surface area (Å²) in [5.41, 5.74) is 1.07. The third-order valence-electron chi connectivity index (χ3n) is 3.20. The van der Waals surface area contributed by atoms with Gasteiger partial charge in [-0.2, -0.15) is 0 Å². The number of nitrogens with one attached hydrogen (secondary N) is 1. The number of rotatable bonds is 1. The van der Waals surface area contributed by atoms with Gasteiger partial charge in [0.2, 0.25) is 0 Å². The molecule has 2 heterocycles. The second kappa shape index (κ2) is 4.14. The molecule has 5 heteroatoms. The predicted octanol–water partition coefficient (Wildman–Crippen LogP) is 1.68. The van der Waals surface area contributed by atoms with Gasteiger partial charge in [0.15, 0.2) is 11.5 Å². The molecule has 90 valence electrons. The third kappa shape index (κ3) is 1.74. The molecule has 0 unspecified atom stereocenters. The molecule has 2 aliphatic heterocycles. The molecule has 3 rings (SSSR count). The number of benzene rings is 1. The van der Waals surface area contributed by atoms with Gasteiger partial charge in [0.1, 0.15) is 5.84 Å². The molecule has 1 aromatic rings. The van der Waals surface area contributed by atoms with Crippen molar-refractivity contribution in [3.8, 4) is 11.5 Å². The zero-order valence-electron chi connectivity index (χ0n) is 9.31. The van der Waals surface area contributed by atoms with Gasteiger partial charge >= 0.3 is 0 Å². The van der Waals surface area contributed by atoms with E-state index in [1.165, 1.54) is 0 Å². The van der Waals surface area contributed by atoms with E-state index < -0.39 is 0 Å². The van der Waals surface area contributed by atoms with Gasteiger partial charge in [-0.1, -0.05) is 6.07 Å². The molecule has 0 radical (unpaired) electrons. The van der Waals surface area contributed by atoms with Gasteiger partial charge in [0, 0.05) is 12.5 Å². The summed E-state index contributed by atoms with van der Waals surface area (Å²) in [6, 6.07) is 3.45. The van der Waals surface area contributed by atoms with Gasteiger partial charge in [-0.3, -0.25) is 4.99 Å². The number of hydrogen-bond donors (Lipinski definition) is 3. The summed E-state index contributed by atoms with van der Waals surface area (Å²) in [6.07, 6.45) is 1.02. The number of nitrogens with zero attached hydrogens (tertiary/aromatic N) is 1. The van der Waals surface area contributed by atoms with Gasteiger partial charge in [0.05, 0.1) is 11.4 Å². The van der Waals surface area contributed by atoms with Crippen molar-refractivity contribution in [1.82, 2.24) is 5.32 Å². The van der Waals surface area contributed by atoms with Crippen LogP contribution in [0.3, 0.4) is 0 Å². The molecule has 0 bridgehead atoms. The highest BCUT2D eigenvalue weighted by Gasteiger charge is 2.29. The number of fused-ring (bicyclic) bond motifs is 1. The van der Waals surface area contributed by atoms with E-state index in [1.54, 1.807) is 17.8 Å². The third-order valence-corrected chi connectivity index (χ3v) is 4.36. The molecule has 0 fully saturated rings. The molecule has 1 aromatic carbocycles. The molecule has 0 aliphatic carbocycles. The highest BCUT2D eigenvalue weighted by molar-refractivity contribution is 7.99. The van der Waals surface area contributed by atoms with E-state index in [9.17, 15) is 10.2 Å². The van der Waals surface area contributed by atoms with Gasteiger partial charge in [0.25, 0.3) is 0 Å².